The van der Waals surface area contributed by atoms with Crippen molar-refractivity contribution in [3.63, 3.8) is 0 Å². The van der Waals surface area contributed by atoms with E-state index in [1.165, 1.54) is 24.3 Å². The Balaban J connectivity index is 2.48. The number of sulfone groups is 1. The van der Waals surface area contributed by atoms with Crippen molar-refractivity contribution in [1.29, 1.82) is 0 Å². The lowest BCUT2D eigenvalue weighted by Gasteiger charge is -2.11. The Labute approximate surface area is 124 Å². The third-order valence-corrected chi connectivity index (χ3v) is 5.57. The van der Waals surface area contributed by atoms with Gasteiger partial charge in [0.2, 0.25) is 0 Å². The summed E-state index contributed by atoms with van der Waals surface area (Å²) in [5, 5.41) is 0. The van der Waals surface area contributed by atoms with E-state index < -0.39 is 19.9 Å². The number of aryl methyl sites for hydroxylation is 1. The van der Waals surface area contributed by atoms with E-state index in [2.05, 4.69) is 4.72 Å². The van der Waals surface area contributed by atoms with Gasteiger partial charge in [0, 0.05) is 11.9 Å². The van der Waals surface area contributed by atoms with Gasteiger partial charge in [0.25, 0.3) is 10.0 Å². The van der Waals surface area contributed by atoms with Gasteiger partial charge < -0.3 is 0 Å². The number of rotatable bonds is 4. The Kier molecular flexibility index (Phi) is 4.06. The average Bonchev–Trinajstić information content (AvgIpc) is 2.40. The molecule has 0 aliphatic heterocycles. The number of nitrogens with one attached hydrogen (secondary N) is 1. The van der Waals surface area contributed by atoms with Crippen molar-refractivity contribution in [2.45, 2.75) is 16.7 Å². The standard InChI is InChI=1S/C14H15NO4S2/c1-11-7-9-12(10-8-11)15-21(18,19)14-6-4-3-5-13(14)20(2,16)17/h3-10,15H,1-2H3. The molecule has 0 heterocycles. The van der Waals surface area contributed by atoms with Gasteiger partial charge in [-0.25, -0.2) is 16.8 Å². The SMILES string of the molecule is Cc1ccc(NS(=O)(=O)c2ccccc2S(C)(=O)=O)cc1. The van der Waals surface area contributed by atoms with Crippen molar-refractivity contribution in [3.05, 3.63) is 54.1 Å². The topological polar surface area (TPSA) is 80.3 Å². The Morgan fingerprint density at radius 3 is 1.86 bits per heavy atom. The summed E-state index contributed by atoms with van der Waals surface area (Å²) in [6, 6.07) is 12.3. The van der Waals surface area contributed by atoms with Crippen LogP contribution in [0.5, 0.6) is 0 Å². The molecule has 0 aliphatic rings. The maximum atomic E-state index is 12.4. The fraction of sp³-hybridized carbons (Fsp3) is 0.143. The van der Waals surface area contributed by atoms with E-state index in [0.29, 0.717) is 5.69 Å². The second-order valence-electron chi connectivity index (χ2n) is 4.69. The fourth-order valence-electron chi connectivity index (χ4n) is 1.81. The van der Waals surface area contributed by atoms with Crippen LogP contribution >= 0.6 is 0 Å². The van der Waals surface area contributed by atoms with Gasteiger partial charge in [-0.2, -0.15) is 0 Å². The summed E-state index contributed by atoms with van der Waals surface area (Å²) >= 11 is 0. The highest BCUT2D eigenvalue weighted by molar-refractivity contribution is 7.95. The molecule has 0 saturated carbocycles. The van der Waals surface area contributed by atoms with Gasteiger partial charge in [-0.15, -0.1) is 0 Å². The average molecular weight is 325 g/mol. The lowest BCUT2D eigenvalue weighted by molar-refractivity contribution is 0.588. The van der Waals surface area contributed by atoms with E-state index in [9.17, 15) is 16.8 Å². The summed E-state index contributed by atoms with van der Waals surface area (Å²) in [6.45, 7) is 1.89. The van der Waals surface area contributed by atoms with Crippen LogP contribution in [-0.2, 0) is 19.9 Å². The number of benzene rings is 2. The highest BCUT2D eigenvalue weighted by Gasteiger charge is 2.23. The van der Waals surface area contributed by atoms with Crippen molar-refractivity contribution in [3.8, 4) is 0 Å². The Bertz CT molecular complexity index is 854. The number of anilines is 1. The van der Waals surface area contributed by atoms with Crippen LogP contribution in [0.4, 0.5) is 5.69 Å². The van der Waals surface area contributed by atoms with Crippen molar-refractivity contribution >= 4 is 25.5 Å². The normalized spacial score (nSPS) is 12.1. The zero-order valence-electron chi connectivity index (χ0n) is 11.6. The van der Waals surface area contributed by atoms with Crippen LogP contribution in [0, 0.1) is 6.92 Å². The second-order valence-corrected chi connectivity index (χ2v) is 8.33. The minimum absolute atomic E-state index is 0.218. The summed E-state index contributed by atoms with van der Waals surface area (Å²) in [5.41, 5.74) is 1.37. The van der Waals surface area contributed by atoms with Gasteiger partial charge in [-0.1, -0.05) is 29.8 Å². The van der Waals surface area contributed by atoms with Crippen molar-refractivity contribution < 1.29 is 16.8 Å². The van der Waals surface area contributed by atoms with E-state index in [1.807, 2.05) is 6.92 Å². The van der Waals surface area contributed by atoms with Gasteiger partial charge in [0.05, 0.1) is 4.90 Å². The molecule has 5 nitrogen and oxygen atoms in total. The lowest BCUT2D eigenvalue weighted by Crippen LogP contribution is -2.16. The van der Waals surface area contributed by atoms with Crippen LogP contribution < -0.4 is 4.72 Å². The summed E-state index contributed by atoms with van der Waals surface area (Å²) in [6.07, 6.45) is 0.979. The maximum absolute atomic E-state index is 12.4. The van der Waals surface area contributed by atoms with Crippen molar-refractivity contribution in [2.75, 3.05) is 11.0 Å². The van der Waals surface area contributed by atoms with Crippen LogP contribution in [0.2, 0.25) is 0 Å². The van der Waals surface area contributed by atoms with E-state index in [1.54, 1.807) is 24.3 Å². The Hall–Kier alpha value is -1.86. The third kappa shape index (κ3) is 3.62. The van der Waals surface area contributed by atoms with Gasteiger partial charge in [-0.3, -0.25) is 4.72 Å². The first-order valence-corrected chi connectivity index (χ1v) is 9.46. The molecule has 0 radical (unpaired) electrons. The molecule has 1 N–H and O–H groups in total. The first kappa shape index (κ1) is 15.5. The van der Waals surface area contributed by atoms with Crippen molar-refractivity contribution in [1.82, 2.24) is 0 Å². The molecular weight excluding hydrogens is 310 g/mol. The molecule has 0 bridgehead atoms. The summed E-state index contributed by atoms with van der Waals surface area (Å²) in [7, 11) is -7.60. The first-order valence-electron chi connectivity index (χ1n) is 6.09. The summed E-state index contributed by atoms with van der Waals surface area (Å²) in [4.78, 5) is -0.474. The maximum Gasteiger partial charge on any atom is 0.263 e. The highest BCUT2D eigenvalue weighted by Crippen LogP contribution is 2.23. The summed E-state index contributed by atoms with van der Waals surface area (Å²) < 4.78 is 50.5. The smallest absolute Gasteiger partial charge is 0.263 e. The molecule has 0 aromatic heterocycles. The number of hydrogen-bond acceptors (Lipinski definition) is 4. The fourth-order valence-corrected chi connectivity index (χ4v) is 4.50. The van der Waals surface area contributed by atoms with E-state index >= 15 is 0 Å². The van der Waals surface area contributed by atoms with Crippen LogP contribution in [0.25, 0.3) is 0 Å². The monoisotopic (exact) mass is 325 g/mol. The van der Waals surface area contributed by atoms with Crippen molar-refractivity contribution in [2.24, 2.45) is 0 Å². The minimum atomic E-state index is -3.97. The molecular formula is C14H15NO4S2. The van der Waals surface area contributed by atoms with Gasteiger partial charge in [0.1, 0.15) is 4.90 Å². The zero-order valence-corrected chi connectivity index (χ0v) is 13.2. The molecule has 0 aliphatic carbocycles. The molecule has 0 fully saturated rings. The van der Waals surface area contributed by atoms with Crippen LogP contribution in [-0.4, -0.2) is 23.1 Å². The molecule has 112 valence electrons. The van der Waals surface area contributed by atoms with Gasteiger partial charge in [-0.05, 0) is 31.2 Å². The minimum Gasteiger partial charge on any atom is -0.280 e. The number of sulfonamides is 1. The van der Waals surface area contributed by atoms with Gasteiger partial charge >= 0.3 is 0 Å². The van der Waals surface area contributed by atoms with Crippen LogP contribution in [0.1, 0.15) is 5.56 Å². The van der Waals surface area contributed by atoms with Crippen LogP contribution in [0.15, 0.2) is 58.3 Å². The predicted molar refractivity (Wildman–Crippen MR) is 81.5 cm³/mol. The van der Waals surface area contributed by atoms with E-state index in [0.717, 1.165) is 11.8 Å². The predicted octanol–water partition coefficient (Wildman–Crippen LogP) is 2.20. The van der Waals surface area contributed by atoms with E-state index in [4.69, 9.17) is 0 Å². The third-order valence-electron chi connectivity index (χ3n) is 2.84. The second kappa shape index (κ2) is 5.50. The molecule has 21 heavy (non-hydrogen) atoms. The summed E-state index contributed by atoms with van der Waals surface area (Å²) in [5.74, 6) is 0. The molecule has 2 rings (SSSR count). The largest absolute Gasteiger partial charge is 0.280 e. The molecule has 7 heteroatoms. The quantitative estimate of drug-likeness (QED) is 0.934. The molecule has 0 unspecified atom stereocenters. The number of hydrogen-bond donors (Lipinski definition) is 1. The molecule has 0 amide bonds. The van der Waals surface area contributed by atoms with Crippen LogP contribution in [0.3, 0.4) is 0 Å². The van der Waals surface area contributed by atoms with Gasteiger partial charge in [0.15, 0.2) is 9.84 Å². The Morgan fingerprint density at radius 2 is 1.33 bits per heavy atom. The molecule has 2 aromatic rings. The molecule has 0 spiro atoms. The molecule has 0 atom stereocenters. The zero-order chi connectivity index (χ0) is 15.7. The van der Waals surface area contributed by atoms with E-state index in [-0.39, 0.29) is 9.79 Å². The Morgan fingerprint density at radius 1 is 0.810 bits per heavy atom. The molecule has 2 aromatic carbocycles. The lowest BCUT2D eigenvalue weighted by atomic mass is 10.2. The highest BCUT2D eigenvalue weighted by atomic mass is 32.2. The first-order chi connectivity index (χ1) is 9.70. The molecule has 0 saturated heterocycles.